The van der Waals surface area contributed by atoms with Crippen LogP contribution in [0.2, 0.25) is 0 Å². The van der Waals surface area contributed by atoms with Crippen LogP contribution < -0.4 is 5.32 Å². The largest absolute Gasteiger partial charge is 0.329 e. The lowest BCUT2D eigenvalue weighted by Crippen LogP contribution is -2.41. The van der Waals surface area contributed by atoms with Gasteiger partial charge in [0.2, 0.25) is 5.91 Å². The van der Waals surface area contributed by atoms with Crippen molar-refractivity contribution >= 4 is 17.5 Å². The number of nitrogens with one attached hydrogen (secondary N) is 1. The van der Waals surface area contributed by atoms with Crippen molar-refractivity contribution < 1.29 is 14.4 Å². The Bertz CT molecular complexity index is 291. The Morgan fingerprint density at radius 2 is 2.08 bits per heavy atom. The third kappa shape index (κ3) is 1.42. The van der Waals surface area contributed by atoms with E-state index >= 15 is 0 Å². The first kappa shape index (κ1) is 8.64. The SMILES string of the molecule is CC(=O)[C@H]1C(=O)C=C(C)NC1=O. The van der Waals surface area contributed by atoms with Crippen molar-refractivity contribution in [2.45, 2.75) is 13.8 Å². The number of hydrogen-bond acceptors (Lipinski definition) is 3. The van der Waals surface area contributed by atoms with Crippen LogP contribution in [0.1, 0.15) is 13.8 Å². The van der Waals surface area contributed by atoms with Crippen LogP contribution >= 0.6 is 0 Å². The van der Waals surface area contributed by atoms with Gasteiger partial charge in [-0.3, -0.25) is 14.4 Å². The quantitative estimate of drug-likeness (QED) is 0.550. The van der Waals surface area contributed by atoms with E-state index in [0.29, 0.717) is 5.70 Å². The molecule has 0 aliphatic carbocycles. The van der Waals surface area contributed by atoms with Gasteiger partial charge >= 0.3 is 0 Å². The predicted octanol–water partition coefficient (Wildman–Crippen LogP) is -0.206. The number of hydrogen-bond donors (Lipinski definition) is 1. The van der Waals surface area contributed by atoms with Crippen molar-refractivity contribution in [1.82, 2.24) is 5.32 Å². The van der Waals surface area contributed by atoms with Crippen molar-refractivity contribution in [1.29, 1.82) is 0 Å². The Hall–Kier alpha value is -1.45. The highest BCUT2D eigenvalue weighted by Gasteiger charge is 2.32. The maximum absolute atomic E-state index is 11.1. The van der Waals surface area contributed by atoms with Crippen LogP contribution in [0.25, 0.3) is 0 Å². The van der Waals surface area contributed by atoms with Crippen LogP contribution in [-0.4, -0.2) is 17.5 Å². The van der Waals surface area contributed by atoms with Crippen molar-refractivity contribution in [3.05, 3.63) is 11.8 Å². The van der Waals surface area contributed by atoms with E-state index in [0.717, 1.165) is 0 Å². The maximum atomic E-state index is 11.1. The van der Waals surface area contributed by atoms with E-state index < -0.39 is 23.4 Å². The van der Waals surface area contributed by atoms with Gasteiger partial charge in [-0.05, 0) is 13.8 Å². The molecule has 1 N–H and O–H groups in total. The van der Waals surface area contributed by atoms with E-state index in [-0.39, 0.29) is 0 Å². The predicted molar refractivity (Wildman–Crippen MR) is 41.1 cm³/mol. The number of allylic oxidation sites excluding steroid dienone is 2. The van der Waals surface area contributed by atoms with Crippen LogP contribution in [0.3, 0.4) is 0 Å². The molecule has 0 spiro atoms. The number of rotatable bonds is 1. The molecule has 0 bridgehead atoms. The van der Waals surface area contributed by atoms with Gasteiger partial charge in [0.15, 0.2) is 11.7 Å². The number of ketones is 2. The van der Waals surface area contributed by atoms with Crippen LogP contribution in [-0.2, 0) is 14.4 Å². The number of amides is 1. The fourth-order valence-electron chi connectivity index (χ4n) is 1.11. The van der Waals surface area contributed by atoms with E-state index in [4.69, 9.17) is 0 Å². The third-order valence-corrected chi connectivity index (χ3v) is 1.63. The highest BCUT2D eigenvalue weighted by molar-refractivity contribution is 6.23. The summed E-state index contributed by atoms with van der Waals surface area (Å²) in [6, 6.07) is 0. The lowest BCUT2D eigenvalue weighted by molar-refractivity contribution is -0.138. The molecular weight excluding hydrogens is 158 g/mol. The zero-order valence-electron chi connectivity index (χ0n) is 6.88. The van der Waals surface area contributed by atoms with E-state index in [9.17, 15) is 14.4 Å². The zero-order chi connectivity index (χ0) is 9.30. The van der Waals surface area contributed by atoms with Gasteiger partial charge in [-0.25, -0.2) is 0 Å². The lowest BCUT2D eigenvalue weighted by atomic mass is 9.95. The van der Waals surface area contributed by atoms with Crippen molar-refractivity contribution in [2.24, 2.45) is 5.92 Å². The third-order valence-electron chi connectivity index (χ3n) is 1.63. The average Bonchev–Trinajstić information content (AvgIpc) is 1.82. The summed E-state index contributed by atoms with van der Waals surface area (Å²) < 4.78 is 0. The van der Waals surface area contributed by atoms with Gasteiger partial charge in [0, 0.05) is 11.8 Å². The zero-order valence-corrected chi connectivity index (χ0v) is 6.88. The van der Waals surface area contributed by atoms with Gasteiger partial charge in [0.25, 0.3) is 0 Å². The minimum Gasteiger partial charge on any atom is -0.329 e. The molecule has 1 amide bonds. The molecule has 0 fully saturated rings. The molecule has 1 atom stereocenters. The topological polar surface area (TPSA) is 63.2 Å². The maximum Gasteiger partial charge on any atom is 0.242 e. The summed E-state index contributed by atoms with van der Waals surface area (Å²) in [6.45, 7) is 2.84. The number of carbonyl (C=O) groups excluding carboxylic acids is 3. The van der Waals surface area contributed by atoms with Crippen LogP contribution in [0.5, 0.6) is 0 Å². The fourth-order valence-corrected chi connectivity index (χ4v) is 1.11. The number of carbonyl (C=O) groups is 3. The van der Waals surface area contributed by atoms with Crippen LogP contribution in [0.4, 0.5) is 0 Å². The molecule has 1 aliphatic rings. The minimum atomic E-state index is -1.13. The first-order chi connectivity index (χ1) is 5.52. The molecule has 0 aromatic heterocycles. The smallest absolute Gasteiger partial charge is 0.242 e. The van der Waals surface area contributed by atoms with E-state index in [1.165, 1.54) is 13.0 Å². The molecule has 64 valence electrons. The summed E-state index contributed by atoms with van der Waals surface area (Å²) in [5, 5.41) is 2.42. The van der Waals surface area contributed by atoms with Gasteiger partial charge in [-0.2, -0.15) is 0 Å². The minimum absolute atomic E-state index is 0.416. The molecule has 1 rings (SSSR count). The van der Waals surface area contributed by atoms with E-state index in [1.54, 1.807) is 6.92 Å². The molecule has 0 saturated carbocycles. The van der Waals surface area contributed by atoms with Gasteiger partial charge in [0.1, 0.15) is 5.78 Å². The first-order valence-corrected chi connectivity index (χ1v) is 3.56. The van der Waals surface area contributed by atoms with Gasteiger partial charge in [0.05, 0.1) is 0 Å². The Kier molecular flexibility index (Phi) is 2.08. The molecule has 1 heterocycles. The Balaban J connectivity index is 2.98. The van der Waals surface area contributed by atoms with Crippen molar-refractivity contribution in [2.75, 3.05) is 0 Å². The van der Waals surface area contributed by atoms with Gasteiger partial charge in [-0.15, -0.1) is 0 Å². The van der Waals surface area contributed by atoms with Crippen molar-refractivity contribution in [3.63, 3.8) is 0 Å². The van der Waals surface area contributed by atoms with Crippen molar-refractivity contribution in [3.8, 4) is 0 Å². The van der Waals surface area contributed by atoms with Crippen LogP contribution in [0.15, 0.2) is 11.8 Å². The monoisotopic (exact) mass is 167 g/mol. The second-order valence-electron chi connectivity index (χ2n) is 2.76. The summed E-state index contributed by atoms with van der Waals surface area (Å²) in [5.74, 6) is -2.49. The second kappa shape index (κ2) is 2.89. The molecular formula is C8H9NO3. The molecule has 1 aliphatic heterocycles. The molecule has 0 aromatic rings. The molecule has 0 radical (unpaired) electrons. The molecule has 4 nitrogen and oxygen atoms in total. The highest BCUT2D eigenvalue weighted by atomic mass is 16.2. The second-order valence-corrected chi connectivity index (χ2v) is 2.76. The molecule has 4 heteroatoms. The highest BCUT2D eigenvalue weighted by Crippen LogP contribution is 2.09. The summed E-state index contributed by atoms with van der Waals surface area (Å²) in [6.07, 6.45) is 1.27. The average molecular weight is 167 g/mol. The standard InChI is InChI=1S/C8H9NO3/c1-4-3-6(11)7(5(2)10)8(12)9-4/h3,7H,1-2H3,(H,9,12)/t7-/m0/s1. The van der Waals surface area contributed by atoms with E-state index in [1.807, 2.05) is 0 Å². The van der Waals surface area contributed by atoms with Gasteiger partial charge in [-0.1, -0.05) is 0 Å². The lowest BCUT2D eigenvalue weighted by Gasteiger charge is -2.16. The summed E-state index contributed by atoms with van der Waals surface area (Å²) >= 11 is 0. The van der Waals surface area contributed by atoms with Crippen LogP contribution in [0, 0.1) is 5.92 Å². The Labute approximate surface area is 69.6 Å². The fraction of sp³-hybridized carbons (Fsp3) is 0.375. The summed E-state index contributed by atoms with van der Waals surface area (Å²) in [7, 11) is 0. The normalized spacial score (nSPS) is 23.2. The molecule has 12 heavy (non-hydrogen) atoms. The number of Topliss-reactive ketones (excluding diaryl/α,β-unsaturated/α-hetero) is 1. The Morgan fingerprint density at radius 1 is 1.50 bits per heavy atom. The van der Waals surface area contributed by atoms with E-state index in [2.05, 4.69) is 5.32 Å². The Morgan fingerprint density at radius 3 is 2.50 bits per heavy atom. The molecule has 0 aromatic carbocycles. The summed E-state index contributed by atoms with van der Waals surface area (Å²) in [5.41, 5.74) is 0.488. The first-order valence-electron chi connectivity index (χ1n) is 3.56. The summed E-state index contributed by atoms with van der Waals surface area (Å²) in [4.78, 5) is 33.0. The molecule has 0 unspecified atom stereocenters. The molecule has 0 saturated heterocycles. The van der Waals surface area contributed by atoms with Gasteiger partial charge < -0.3 is 5.32 Å².